The maximum atomic E-state index is 14.5. The van der Waals surface area contributed by atoms with E-state index in [1.807, 2.05) is 81.6 Å². The number of carbonyl (C=O) groups excluding carboxylic acids is 3. The third-order valence-electron chi connectivity index (χ3n) is 8.31. The average molecular weight is 707 g/mol. The van der Waals surface area contributed by atoms with Gasteiger partial charge in [0.25, 0.3) is 0 Å². The second-order valence-electron chi connectivity index (χ2n) is 13.6. The van der Waals surface area contributed by atoms with Crippen LogP contribution in [0.4, 0.5) is 4.79 Å². The summed E-state index contributed by atoms with van der Waals surface area (Å²) in [4.78, 5) is 51.6. The molecular formula is C38H50N4O7S. The van der Waals surface area contributed by atoms with Crippen LogP contribution >= 0.6 is 11.8 Å². The number of benzene rings is 2. The van der Waals surface area contributed by atoms with Gasteiger partial charge in [-0.2, -0.15) is 0 Å². The van der Waals surface area contributed by atoms with Gasteiger partial charge in [-0.25, -0.2) is 14.6 Å². The van der Waals surface area contributed by atoms with E-state index in [1.165, 1.54) is 18.9 Å². The minimum atomic E-state index is -0.875. The zero-order valence-electron chi connectivity index (χ0n) is 30.5. The van der Waals surface area contributed by atoms with Gasteiger partial charge in [0.15, 0.2) is 0 Å². The highest BCUT2D eigenvalue weighted by atomic mass is 32.2. The molecule has 2 unspecified atom stereocenters. The van der Waals surface area contributed by atoms with Gasteiger partial charge >= 0.3 is 12.1 Å². The van der Waals surface area contributed by atoms with Crippen LogP contribution in [-0.2, 0) is 19.1 Å². The lowest BCUT2D eigenvalue weighted by Crippen LogP contribution is -2.54. The summed E-state index contributed by atoms with van der Waals surface area (Å²) in [5, 5.41) is 4.22. The Morgan fingerprint density at radius 1 is 1.08 bits per heavy atom. The lowest BCUT2D eigenvalue weighted by molar-refractivity contribution is -0.142. The topological polar surface area (TPSA) is 129 Å². The van der Waals surface area contributed by atoms with Gasteiger partial charge in [-0.1, -0.05) is 57.5 Å². The van der Waals surface area contributed by atoms with E-state index < -0.39 is 41.9 Å². The maximum Gasteiger partial charge on any atom is 0.408 e. The van der Waals surface area contributed by atoms with Crippen LogP contribution in [0.25, 0.3) is 22.2 Å². The van der Waals surface area contributed by atoms with Crippen molar-refractivity contribution in [3.63, 3.8) is 0 Å². The fraction of sp³-hybridized carbons (Fsp3) is 0.500. The first-order valence-corrected chi connectivity index (χ1v) is 18.2. The Morgan fingerprint density at radius 2 is 1.80 bits per heavy atom. The SMILES string of the molecule is CCCC(/N=C(\SC)[C@@H]1CC(Oc2cc(-c3ccccc3)nc3cc(OC)ccc23)CN1C(=O)[C@@H](NC(=O)OC(C)(C)C)C(C)C)C(=O)OC. The Labute approximate surface area is 299 Å². The molecule has 1 aliphatic heterocycles. The summed E-state index contributed by atoms with van der Waals surface area (Å²) >= 11 is 1.38. The molecule has 50 heavy (non-hydrogen) atoms. The summed E-state index contributed by atoms with van der Waals surface area (Å²) in [5.41, 5.74) is 1.63. The molecule has 2 heterocycles. The fourth-order valence-electron chi connectivity index (χ4n) is 5.90. The number of thioether (sulfide) groups is 1. The number of carbonyl (C=O) groups is 3. The summed E-state index contributed by atoms with van der Waals surface area (Å²) in [6.07, 6.45) is 2.39. The van der Waals surface area contributed by atoms with Crippen LogP contribution in [-0.4, -0.2) is 89.7 Å². The molecule has 1 saturated heterocycles. The number of hydrogen-bond donors (Lipinski definition) is 1. The molecule has 2 aromatic carbocycles. The Kier molecular flexibility index (Phi) is 13.1. The van der Waals surface area contributed by atoms with Gasteiger partial charge in [0.05, 0.1) is 43.1 Å². The second kappa shape index (κ2) is 17.1. The largest absolute Gasteiger partial charge is 0.497 e. The van der Waals surface area contributed by atoms with Gasteiger partial charge < -0.3 is 29.2 Å². The first-order valence-electron chi connectivity index (χ1n) is 17.0. The number of aromatic nitrogens is 1. The van der Waals surface area contributed by atoms with Gasteiger partial charge in [0, 0.05) is 29.5 Å². The molecule has 0 spiro atoms. The highest BCUT2D eigenvalue weighted by molar-refractivity contribution is 8.13. The summed E-state index contributed by atoms with van der Waals surface area (Å²) in [6, 6.07) is 15.3. The molecule has 0 aliphatic carbocycles. The molecule has 12 heteroatoms. The van der Waals surface area contributed by atoms with Crippen LogP contribution in [0, 0.1) is 5.92 Å². The maximum absolute atomic E-state index is 14.5. The Balaban J connectivity index is 1.76. The van der Waals surface area contributed by atoms with E-state index in [-0.39, 0.29) is 18.4 Å². The van der Waals surface area contributed by atoms with Crippen molar-refractivity contribution >= 4 is 45.7 Å². The van der Waals surface area contributed by atoms with Crippen molar-refractivity contribution in [2.75, 3.05) is 27.0 Å². The van der Waals surface area contributed by atoms with Crippen LogP contribution < -0.4 is 14.8 Å². The highest BCUT2D eigenvalue weighted by Crippen LogP contribution is 2.35. The Morgan fingerprint density at radius 3 is 2.40 bits per heavy atom. The monoisotopic (exact) mass is 706 g/mol. The number of esters is 1. The predicted octanol–water partition coefficient (Wildman–Crippen LogP) is 6.91. The molecule has 4 rings (SSSR count). The smallest absolute Gasteiger partial charge is 0.408 e. The van der Waals surface area contributed by atoms with Gasteiger partial charge in [-0.15, -0.1) is 11.8 Å². The van der Waals surface area contributed by atoms with Crippen molar-refractivity contribution < 1.29 is 33.3 Å². The quantitative estimate of drug-likeness (QED) is 0.121. The van der Waals surface area contributed by atoms with Crippen molar-refractivity contribution in [3.8, 4) is 22.8 Å². The number of rotatable bonds is 12. The van der Waals surface area contributed by atoms with E-state index in [2.05, 4.69) is 5.32 Å². The van der Waals surface area contributed by atoms with E-state index in [4.69, 9.17) is 28.9 Å². The molecule has 4 atom stereocenters. The Hall–Kier alpha value is -4.32. The number of fused-ring (bicyclic) bond motifs is 1. The van der Waals surface area contributed by atoms with E-state index in [1.54, 1.807) is 32.8 Å². The molecule has 1 aromatic heterocycles. The van der Waals surface area contributed by atoms with Crippen LogP contribution in [0.2, 0.25) is 0 Å². The molecule has 3 aromatic rings. The number of aliphatic imine (C=N–C) groups is 1. The molecule has 2 amide bonds. The molecule has 0 radical (unpaired) electrons. The van der Waals surface area contributed by atoms with Gasteiger partial charge in [0.2, 0.25) is 5.91 Å². The third kappa shape index (κ3) is 9.68. The number of alkyl carbamates (subject to hydrolysis) is 1. The average Bonchev–Trinajstić information content (AvgIpc) is 3.50. The zero-order chi connectivity index (χ0) is 36.6. The molecule has 1 fully saturated rings. The first kappa shape index (κ1) is 38.5. The number of likely N-dealkylation sites (tertiary alicyclic amines) is 1. The van der Waals surface area contributed by atoms with Crippen molar-refractivity contribution in [2.24, 2.45) is 10.9 Å². The molecule has 0 bridgehead atoms. The Bertz CT molecular complexity index is 1670. The summed E-state index contributed by atoms with van der Waals surface area (Å²) < 4.78 is 22.9. The zero-order valence-corrected chi connectivity index (χ0v) is 31.3. The number of methoxy groups -OCH3 is 2. The highest BCUT2D eigenvalue weighted by Gasteiger charge is 2.43. The number of nitrogens with zero attached hydrogens (tertiary/aromatic N) is 3. The van der Waals surface area contributed by atoms with Crippen molar-refractivity contribution in [3.05, 3.63) is 54.6 Å². The van der Waals surface area contributed by atoms with Gasteiger partial charge in [0.1, 0.15) is 35.3 Å². The predicted molar refractivity (Wildman–Crippen MR) is 198 cm³/mol. The van der Waals surface area contributed by atoms with E-state index in [9.17, 15) is 14.4 Å². The number of amides is 2. The number of ether oxygens (including phenoxy) is 4. The summed E-state index contributed by atoms with van der Waals surface area (Å²) in [7, 11) is 2.96. The number of nitrogens with one attached hydrogen (secondary N) is 1. The molecule has 1 N–H and O–H groups in total. The van der Waals surface area contributed by atoms with E-state index >= 15 is 0 Å². The summed E-state index contributed by atoms with van der Waals surface area (Å²) in [5.74, 6) is 0.316. The molecule has 11 nitrogen and oxygen atoms in total. The van der Waals surface area contributed by atoms with Gasteiger partial charge in [-0.05, 0) is 51.5 Å². The second-order valence-corrected chi connectivity index (χ2v) is 14.4. The van der Waals surface area contributed by atoms with E-state index in [0.29, 0.717) is 34.9 Å². The lowest BCUT2D eigenvalue weighted by atomic mass is 10.0. The molecule has 1 aliphatic rings. The van der Waals surface area contributed by atoms with Crippen LogP contribution in [0.15, 0.2) is 59.6 Å². The minimum Gasteiger partial charge on any atom is -0.497 e. The van der Waals surface area contributed by atoms with Crippen LogP contribution in [0.3, 0.4) is 0 Å². The minimum absolute atomic E-state index is 0.222. The fourth-order valence-corrected chi connectivity index (χ4v) is 6.63. The van der Waals surface area contributed by atoms with Gasteiger partial charge in [-0.3, -0.25) is 9.79 Å². The summed E-state index contributed by atoms with van der Waals surface area (Å²) in [6.45, 7) is 11.3. The normalized spacial score (nSPS) is 17.7. The first-order chi connectivity index (χ1) is 23.8. The number of pyridine rings is 1. The van der Waals surface area contributed by atoms with Crippen molar-refractivity contribution in [1.82, 2.24) is 15.2 Å². The molecular weight excluding hydrogens is 657 g/mol. The lowest BCUT2D eigenvalue weighted by Gasteiger charge is -2.32. The standard InChI is InChI=1S/C38H50N4O7S/c1-10-14-28(36(44)47-8)40-34(50-9)31-20-26(22-42(31)35(43)33(23(2)3)41-37(45)49-38(4,5)6)48-32-21-29(24-15-12-11-13-16-24)39-30-19-25(46-7)17-18-27(30)32/h11-13,15-19,21,23,26,28,31,33H,10,14,20,22H2,1-9H3,(H,41,45)/b40-34-/t26?,28?,31-,33-/m0/s1. The van der Waals surface area contributed by atoms with E-state index in [0.717, 1.165) is 23.1 Å². The van der Waals surface area contributed by atoms with Crippen molar-refractivity contribution in [1.29, 1.82) is 0 Å². The van der Waals surface area contributed by atoms with Crippen LogP contribution in [0.1, 0.15) is 60.8 Å². The number of hydrogen-bond acceptors (Lipinski definition) is 10. The molecule has 270 valence electrons. The third-order valence-corrected chi connectivity index (χ3v) is 9.10. The van der Waals surface area contributed by atoms with Crippen molar-refractivity contribution in [2.45, 2.75) is 90.6 Å². The molecule has 0 saturated carbocycles. The van der Waals surface area contributed by atoms with Crippen LogP contribution in [0.5, 0.6) is 11.5 Å².